The predicted octanol–water partition coefficient (Wildman–Crippen LogP) is 3.02. The van der Waals surface area contributed by atoms with Crippen molar-refractivity contribution >= 4 is 23.2 Å². The Balaban J connectivity index is 1.76. The lowest BCUT2D eigenvalue weighted by atomic mass is 10.1. The molecule has 0 saturated carbocycles. The maximum absolute atomic E-state index is 12.2. The number of nitriles is 1. The van der Waals surface area contributed by atoms with Crippen LogP contribution in [0.25, 0.3) is 0 Å². The van der Waals surface area contributed by atoms with E-state index in [9.17, 15) is 9.59 Å². The molecule has 0 aromatic heterocycles. The average molecular weight is 364 g/mol. The minimum Gasteiger partial charge on any atom is -0.326 e. The Kier molecular flexibility index (Phi) is 7.53. The Morgan fingerprint density at radius 2 is 1.74 bits per heavy atom. The highest BCUT2D eigenvalue weighted by Gasteiger charge is 2.10. The topological polar surface area (TPSA) is 85.2 Å². The summed E-state index contributed by atoms with van der Waals surface area (Å²) in [5.74, 6) is -0.241. The van der Waals surface area contributed by atoms with Gasteiger partial charge in [0.25, 0.3) is 0 Å². The monoisotopic (exact) mass is 364 g/mol. The highest BCUT2D eigenvalue weighted by molar-refractivity contribution is 5.93. The van der Waals surface area contributed by atoms with Crippen molar-refractivity contribution in [2.24, 2.45) is 0 Å². The SMILES string of the molecule is CCc1ccccc1NC(=O)CN(C)CCC(=O)Nc1ccc(C#N)cc1. The second-order valence-corrected chi connectivity index (χ2v) is 6.28. The van der Waals surface area contributed by atoms with E-state index in [-0.39, 0.29) is 24.8 Å². The molecule has 0 fully saturated rings. The van der Waals surface area contributed by atoms with Crippen LogP contribution in [-0.2, 0) is 16.0 Å². The molecule has 2 N–H and O–H groups in total. The largest absolute Gasteiger partial charge is 0.326 e. The Morgan fingerprint density at radius 1 is 1.04 bits per heavy atom. The number of benzene rings is 2. The normalized spacial score (nSPS) is 10.3. The molecule has 0 unspecified atom stereocenters. The number of carbonyl (C=O) groups excluding carboxylic acids is 2. The Morgan fingerprint density at radius 3 is 2.41 bits per heavy atom. The fourth-order valence-corrected chi connectivity index (χ4v) is 2.61. The lowest BCUT2D eigenvalue weighted by molar-refractivity contribution is -0.119. The summed E-state index contributed by atoms with van der Waals surface area (Å²) in [7, 11) is 1.81. The third-order valence-corrected chi connectivity index (χ3v) is 4.10. The average Bonchev–Trinajstić information content (AvgIpc) is 2.67. The van der Waals surface area contributed by atoms with Gasteiger partial charge in [-0.05, 0) is 49.4 Å². The molecule has 0 radical (unpaired) electrons. The summed E-state index contributed by atoms with van der Waals surface area (Å²) in [5, 5.41) is 14.5. The number of aryl methyl sites for hydroxylation is 1. The van der Waals surface area contributed by atoms with Crippen molar-refractivity contribution in [3.63, 3.8) is 0 Å². The molecule has 0 aliphatic carbocycles. The summed E-state index contributed by atoms with van der Waals surface area (Å²) in [4.78, 5) is 26.0. The highest BCUT2D eigenvalue weighted by Crippen LogP contribution is 2.15. The van der Waals surface area contributed by atoms with E-state index in [0.29, 0.717) is 17.8 Å². The van der Waals surface area contributed by atoms with Crippen LogP contribution in [0.3, 0.4) is 0 Å². The molecule has 0 heterocycles. The number of rotatable bonds is 8. The summed E-state index contributed by atoms with van der Waals surface area (Å²) < 4.78 is 0. The third kappa shape index (κ3) is 6.57. The molecule has 0 spiro atoms. The van der Waals surface area contributed by atoms with Gasteiger partial charge in [-0.15, -0.1) is 0 Å². The fourth-order valence-electron chi connectivity index (χ4n) is 2.61. The van der Waals surface area contributed by atoms with Crippen LogP contribution in [0.15, 0.2) is 48.5 Å². The maximum Gasteiger partial charge on any atom is 0.238 e. The Hall–Kier alpha value is -3.17. The maximum atomic E-state index is 12.2. The van der Waals surface area contributed by atoms with Gasteiger partial charge in [0.05, 0.1) is 18.2 Å². The summed E-state index contributed by atoms with van der Waals surface area (Å²) in [5.41, 5.74) is 3.12. The number of amides is 2. The van der Waals surface area contributed by atoms with E-state index in [1.54, 1.807) is 31.3 Å². The third-order valence-electron chi connectivity index (χ3n) is 4.10. The molecule has 0 saturated heterocycles. The lowest BCUT2D eigenvalue weighted by Crippen LogP contribution is -2.32. The van der Waals surface area contributed by atoms with Gasteiger partial charge in [0, 0.05) is 24.3 Å². The first-order valence-corrected chi connectivity index (χ1v) is 8.88. The first-order valence-electron chi connectivity index (χ1n) is 8.88. The van der Waals surface area contributed by atoms with Gasteiger partial charge in [-0.3, -0.25) is 14.5 Å². The molecule has 0 atom stereocenters. The van der Waals surface area contributed by atoms with Gasteiger partial charge < -0.3 is 10.6 Å². The summed E-state index contributed by atoms with van der Waals surface area (Å²) in [6.45, 7) is 2.72. The Labute approximate surface area is 159 Å². The number of hydrogen-bond acceptors (Lipinski definition) is 4. The van der Waals surface area contributed by atoms with Crippen molar-refractivity contribution in [2.45, 2.75) is 19.8 Å². The number of anilines is 2. The van der Waals surface area contributed by atoms with Crippen LogP contribution in [0.5, 0.6) is 0 Å². The van der Waals surface area contributed by atoms with Gasteiger partial charge in [-0.25, -0.2) is 0 Å². The van der Waals surface area contributed by atoms with E-state index in [1.165, 1.54) is 0 Å². The van der Waals surface area contributed by atoms with E-state index in [1.807, 2.05) is 42.2 Å². The zero-order valence-corrected chi connectivity index (χ0v) is 15.7. The van der Waals surface area contributed by atoms with E-state index in [2.05, 4.69) is 10.6 Å². The smallest absolute Gasteiger partial charge is 0.238 e. The number of nitrogens with zero attached hydrogens (tertiary/aromatic N) is 2. The zero-order valence-electron chi connectivity index (χ0n) is 15.7. The van der Waals surface area contributed by atoms with Crippen molar-refractivity contribution in [1.29, 1.82) is 5.26 Å². The van der Waals surface area contributed by atoms with Gasteiger partial charge in [0.2, 0.25) is 11.8 Å². The summed E-state index contributed by atoms with van der Waals surface area (Å²) in [6, 6.07) is 16.5. The first-order chi connectivity index (χ1) is 13.0. The molecule has 2 amide bonds. The standard InChI is InChI=1S/C21H24N4O2/c1-3-17-6-4-5-7-19(17)24-21(27)15-25(2)13-12-20(26)23-18-10-8-16(14-22)9-11-18/h4-11H,3,12-13,15H2,1-2H3,(H,23,26)(H,24,27). The van der Waals surface area contributed by atoms with Crippen molar-refractivity contribution < 1.29 is 9.59 Å². The van der Waals surface area contributed by atoms with Crippen LogP contribution in [0.2, 0.25) is 0 Å². The first kappa shape index (κ1) is 20.1. The fraction of sp³-hybridized carbons (Fsp3) is 0.286. The zero-order chi connectivity index (χ0) is 19.6. The van der Waals surface area contributed by atoms with Crippen molar-refractivity contribution in [2.75, 3.05) is 30.8 Å². The van der Waals surface area contributed by atoms with Crippen LogP contribution in [0.4, 0.5) is 11.4 Å². The molecule has 2 aromatic rings. The highest BCUT2D eigenvalue weighted by atomic mass is 16.2. The molecule has 2 rings (SSSR count). The van der Waals surface area contributed by atoms with E-state index >= 15 is 0 Å². The Bertz CT molecular complexity index is 825. The quantitative estimate of drug-likeness (QED) is 0.754. The van der Waals surface area contributed by atoms with Crippen molar-refractivity contribution in [3.05, 3.63) is 59.7 Å². The van der Waals surface area contributed by atoms with Crippen LogP contribution in [0.1, 0.15) is 24.5 Å². The van der Waals surface area contributed by atoms with E-state index < -0.39 is 0 Å². The predicted molar refractivity (Wildman–Crippen MR) is 106 cm³/mol. The molecule has 0 aliphatic heterocycles. The molecule has 0 aliphatic rings. The molecule has 0 bridgehead atoms. The minimum absolute atomic E-state index is 0.106. The number of carbonyl (C=O) groups is 2. The number of likely N-dealkylation sites (N-methyl/N-ethyl adjacent to an activating group) is 1. The van der Waals surface area contributed by atoms with Crippen LogP contribution in [-0.4, -0.2) is 36.9 Å². The second kappa shape index (κ2) is 10.1. The lowest BCUT2D eigenvalue weighted by Gasteiger charge is -2.17. The number of nitrogens with one attached hydrogen (secondary N) is 2. The van der Waals surface area contributed by atoms with Gasteiger partial charge in [0.1, 0.15) is 0 Å². The minimum atomic E-state index is -0.136. The van der Waals surface area contributed by atoms with Crippen molar-refractivity contribution in [3.8, 4) is 6.07 Å². The van der Waals surface area contributed by atoms with Crippen LogP contribution >= 0.6 is 0 Å². The van der Waals surface area contributed by atoms with Gasteiger partial charge in [0.15, 0.2) is 0 Å². The van der Waals surface area contributed by atoms with Gasteiger partial charge >= 0.3 is 0 Å². The van der Waals surface area contributed by atoms with Gasteiger partial charge in [-0.2, -0.15) is 5.26 Å². The number of hydrogen-bond donors (Lipinski definition) is 2. The molecule has 6 heteroatoms. The molecule has 2 aromatic carbocycles. The molecule has 140 valence electrons. The summed E-state index contributed by atoms with van der Waals surface area (Å²) >= 11 is 0. The summed E-state index contributed by atoms with van der Waals surface area (Å²) in [6.07, 6.45) is 1.12. The molecular weight excluding hydrogens is 340 g/mol. The van der Waals surface area contributed by atoms with Crippen LogP contribution in [0, 0.1) is 11.3 Å². The second-order valence-electron chi connectivity index (χ2n) is 6.28. The van der Waals surface area contributed by atoms with Gasteiger partial charge in [-0.1, -0.05) is 25.1 Å². The molecule has 6 nitrogen and oxygen atoms in total. The van der Waals surface area contributed by atoms with Crippen molar-refractivity contribution in [1.82, 2.24) is 4.90 Å². The van der Waals surface area contributed by atoms with E-state index in [0.717, 1.165) is 17.7 Å². The molecule has 27 heavy (non-hydrogen) atoms. The van der Waals surface area contributed by atoms with E-state index in [4.69, 9.17) is 5.26 Å². The number of para-hydroxylation sites is 1. The van der Waals surface area contributed by atoms with Crippen LogP contribution < -0.4 is 10.6 Å². The molecular formula is C21H24N4O2.